The molecule has 0 saturated carbocycles. The Morgan fingerprint density at radius 3 is 2.48 bits per heavy atom. The third-order valence-electron chi connectivity index (χ3n) is 3.49. The molecule has 1 N–H and O–H groups in total. The number of ether oxygens (including phenoxy) is 1. The van der Waals surface area contributed by atoms with Crippen LogP contribution in [0.4, 0.5) is 5.69 Å². The molecule has 0 fully saturated rings. The molecule has 1 aromatic heterocycles. The molecule has 1 heterocycles. The maximum Gasteiger partial charge on any atom is 0.310 e. The van der Waals surface area contributed by atoms with Crippen LogP contribution in [0.3, 0.4) is 0 Å². The Morgan fingerprint density at radius 2 is 1.91 bits per heavy atom. The fraction of sp³-hybridized carbons (Fsp3) is 0.250. The molecule has 0 spiro atoms. The first kappa shape index (κ1) is 16.4. The van der Waals surface area contributed by atoms with Gasteiger partial charge in [0.2, 0.25) is 5.78 Å². The summed E-state index contributed by atoms with van der Waals surface area (Å²) in [5.74, 6) is -0.482. The van der Waals surface area contributed by atoms with E-state index in [1.807, 2.05) is 0 Å². The van der Waals surface area contributed by atoms with E-state index in [1.54, 1.807) is 19.9 Å². The van der Waals surface area contributed by atoms with E-state index in [0.717, 1.165) is 0 Å². The van der Waals surface area contributed by atoms with Crippen LogP contribution in [0.25, 0.3) is 0 Å². The van der Waals surface area contributed by atoms with E-state index in [-0.39, 0.29) is 35.3 Å². The first-order valence-electron chi connectivity index (χ1n) is 6.92. The number of nitrogens with zero attached hydrogens (tertiary/aromatic N) is 1. The minimum absolute atomic E-state index is 0.0265. The van der Waals surface area contributed by atoms with Crippen molar-refractivity contribution in [1.29, 1.82) is 0 Å². The Balaban J connectivity index is 2.20. The minimum atomic E-state index is -0.572. The van der Waals surface area contributed by atoms with Gasteiger partial charge in [0.25, 0.3) is 0 Å². The Kier molecular flexibility index (Phi) is 4.59. The lowest BCUT2D eigenvalue weighted by Crippen LogP contribution is -2.14. The van der Waals surface area contributed by atoms with Crippen molar-refractivity contribution in [3.05, 3.63) is 56.9 Å². The van der Waals surface area contributed by atoms with Crippen molar-refractivity contribution < 1.29 is 19.2 Å². The molecule has 2 rings (SSSR count). The molecule has 0 atom stereocenters. The molecule has 7 heteroatoms. The maximum atomic E-state index is 12.3. The number of aromatic amines is 1. The molecule has 23 heavy (non-hydrogen) atoms. The van der Waals surface area contributed by atoms with E-state index >= 15 is 0 Å². The lowest BCUT2D eigenvalue weighted by atomic mass is 10.1. The minimum Gasteiger partial charge on any atom is -0.478 e. The Morgan fingerprint density at radius 1 is 1.26 bits per heavy atom. The summed E-state index contributed by atoms with van der Waals surface area (Å²) in [5.41, 5.74) is 1.74. The van der Waals surface area contributed by atoms with Crippen LogP contribution in [0.15, 0.2) is 24.3 Å². The average Bonchev–Trinajstić information content (AvgIpc) is 2.80. The van der Waals surface area contributed by atoms with Crippen LogP contribution >= 0.6 is 0 Å². The van der Waals surface area contributed by atoms with Gasteiger partial charge in [-0.25, -0.2) is 0 Å². The van der Waals surface area contributed by atoms with Crippen molar-refractivity contribution in [3.8, 4) is 5.75 Å². The van der Waals surface area contributed by atoms with Crippen LogP contribution in [0.1, 0.15) is 39.0 Å². The Labute approximate surface area is 132 Å². The van der Waals surface area contributed by atoms with Gasteiger partial charge in [0.1, 0.15) is 0 Å². The number of hydrogen-bond donors (Lipinski definition) is 1. The van der Waals surface area contributed by atoms with E-state index in [0.29, 0.717) is 16.8 Å². The van der Waals surface area contributed by atoms with E-state index < -0.39 is 4.92 Å². The number of carbonyl (C=O) groups excluding carboxylic acids is 2. The summed E-state index contributed by atoms with van der Waals surface area (Å²) in [6.07, 6.45) is 0. The van der Waals surface area contributed by atoms with Gasteiger partial charge < -0.3 is 9.72 Å². The van der Waals surface area contributed by atoms with Gasteiger partial charge in [-0.1, -0.05) is 12.1 Å². The summed E-state index contributed by atoms with van der Waals surface area (Å²) in [6.45, 7) is 4.46. The first-order chi connectivity index (χ1) is 10.8. The molecule has 2 aromatic rings. The predicted molar refractivity (Wildman–Crippen MR) is 83.2 cm³/mol. The Bertz CT molecular complexity index is 792. The number of rotatable bonds is 6. The van der Waals surface area contributed by atoms with Gasteiger partial charge >= 0.3 is 5.69 Å². The van der Waals surface area contributed by atoms with Crippen molar-refractivity contribution in [2.24, 2.45) is 0 Å². The predicted octanol–water partition coefficient (Wildman–Crippen LogP) is 3.00. The highest BCUT2D eigenvalue weighted by atomic mass is 16.6. The second-order valence-corrected chi connectivity index (χ2v) is 5.12. The van der Waals surface area contributed by atoms with Crippen LogP contribution in [0.2, 0.25) is 0 Å². The van der Waals surface area contributed by atoms with Crippen LogP contribution in [-0.4, -0.2) is 28.1 Å². The largest absolute Gasteiger partial charge is 0.478 e. The summed E-state index contributed by atoms with van der Waals surface area (Å²) >= 11 is 0. The molecule has 0 aliphatic rings. The summed E-state index contributed by atoms with van der Waals surface area (Å²) in [4.78, 5) is 37.1. The molecular formula is C16H16N2O5. The summed E-state index contributed by atoms with van der Waals surface area (Å²) in [6, 6.07) is 5.84. The van der Waals surface area contributed by atoms with Crippen molar-refractivity contribution in [2.45, 2.75) is 20.8 Å². The number of H-pyrrole nitrogens is 1. The standard InChI is InChI=1S/C16H16N2O5/c1-9-15(11(3)19)10(2)17-16(9)13(20)8-23-14-7-5-4-6-12(14)18(21)22/h4-7,17H,8H2,1-3H3. The van der Waals surface area contributed by atoms with E-state index in [1.165, 1.54) is 25.1 Å². The highest BCUT2D eigenvalue weighted by Crippen LogP contribution is 2.26. The molecule has 0 saturated heterocycles. The van der Waals surface area contributed by atoms with Gasteiger partial charge in [-0.15, -0.1) is 0 Å². The number of benzene rings is 1. The number of nitro benzene ring substituents is 1. The molecule has 0 amide bonds. The zero-order valence-electron chi connectivity index (χ0n) is 13.0. The maximum absolute atomic E-state index is 12.3. The molecule has 0 aliphatic heterocycles. The smallest absolute Gasteiger partial charge is 0.310 e. The summed E-state index contributed by atoms with van der Waals surface area (Å²) < 4.78 is 5.28. The highest BCUT2D eigenvalue weighted by Gasteiger charge is 2.21. The quantitative estimate of drug-likeness (QED) is 0.501. The number of aromatic nitrogens is 1. The molecule has 0 bridgehead atoms. The molecule has 1 aromatic carbocycles. The van der Waals surface area contributed by atoms with Crippen molar-refractivity contribution in [3.63, 3.8) is 0 Å². The fourth-order valence-electron chi connectivity index (χ4n) is 2.50. The van der Waals surface area contributed by atoms with Crippen LogP contribution in [0.5, 0.6) is 5.75 Å². The van der Waals surface area contributed by atoms with Gasteiger partial charge in [-0.05, 0) is 32.4 Å². The summed E-state index contributed by atoms with van der Waals surface area (Å²) in [5, 5.41) is 10.9. The van der Waals surface area contributed by atoms with E-state index in [4.69, 9.17) is 4.74 Å². The third kappa shape index (κ3) is 3.28. The normalized spacial score (nSPS) is 10.4. The number of hydrogen-bond acceptors (Lipinski definition) is 5. The molecular weight excluding hydrogens is 300 g/mol. The Hall–Kier alpha value is -2.96. The second kappa shape index (κ2) is 6.43. The first-order valence-corrected chi connectivity index (χ1v) is 6.92. The molecule has 0 aliphatic carbocycles. The van der Waals surface area contributed by atoms with Crippen LogP contribution in [-0.2, 0) is 0 Å². The van der Waals surface area contributed by atoms with Gasteiger partial charge in [-0.3, -0.25) is 19.7 Å². The zero-order valence-corrected chi connectivity index (χ0v) is 13.0. The topological polar surface area (TPSA) is 102 Å². The number of Topliss-reactive ketones (excluding diaryl/α,β-unsaturated/α-hetero) is 2. The average molecular weight is 316 g/mol. The van der Waals surface area contributed by atoms with Gasteiger partial charge in [0.05, 0.1) is 10.6 Å². The fourth-order valence-corrected chi connectivity index (χ4v) is 2.50. The summed E-state index contributed by atoms with van der Waals surface area (Å²) in [7, 11) is 0. The number of ketones is 2. The van der Waals surface area contributed by atoms with Gasteiger partial charge in [0.15, 0.2) is 18.1 Å². The van der Waals surface area contributed by atoms with Gasteiger partial charge in [-0.2, -0.15) is 0 Å². The zero-order chi connectivity index (χ0) is 17.1. The van der Waals surface area contributed by atoms with Crippen LogP contribution in [0, 0.1) is 24.0 Å². The van der Waals surface area contributed by atoms with Crippen LogP contribution < -0.4 is 4.74 Å². The van der Waals surface area contributed by atoms with Crippen molar-refractivity contribution in [2.75, 3.05) is 6.61 Å². The van der Waals surface area contributed by atoms with Crippen molar-refractivity contribution in [1.82, 2.24) is 4.98 Å². The number of carbonyl (C=O) groups is 2. The number of para-hydroxylation sites is 2. The number of aryl methyl sites for hydroxylation is 1. The third-order valence-corrected chi connectivity index (χ3v) is 3.49. The lowest BCUT2D eigenvalue weighted by molar-refractivity contribution is -0.385. The molecule has 0 radical (unpaired) electrons. The molecule has 0 unspecified atom stereocenters. The van der Waals surface area contributed by atoms with E-state index in [2.05, 4.69) is 4.98 Å². The second-order valence-electron chi connectivity index (χ2n) is 5.12. The SMILES string of the molecule is CC(=O)c1c(C)[nH]c(C(=O)COc2ccccc2[N+](=O)[O-])c1C. The van der Waals surface area contributed by atoms with Gasteiger partial charge in [0, 0.05) is 17.3 Å². The number of nitrogens with one attached hydrogen (secondary N) is 1. The molecule has 120 valence electrons. The van der Waals surface area contributed by atoms with Crippen molar-refractivity contribution >= 4 is 17.3 Å². The molecule has 7 nitrogen and oxygen atoms in total. The monoisotopic (exact) mass is 316 g/mol. The number of nitro groups is 1. The van der Waals surface area contributed by atoms with E-state index in [9.17, 15) is 19.7 Å². The highest BCUT2D eigenvalue weighted by molar-refractivity contribution is 6.03. The lowest BCUT2D eigenvalue weighted by Gasteiger charge is -2.06.